The number of carboxylic acids is 1. The SMILES string of the molecule is CCCCCCCCCCCCCCC(CCCC)OC(=O)c1ccccc1C(=O)O. The fraction of sp³-hybridized carbons (Fsp3) is 0.704. The Bertz CT molecular complexity index is 611. The van der Waals surface area contributed by atoms with Gasteiger partial charge in [-0.05, 0) is 31.4 Å². The number of benzene rings is 1. The predicted octanol–water partition coefficient (Wildman–Crippen LogP) is 8.19. The molecule has 0 heterocycles. The van der Waals surface area contributed by atoms with E-state index in [0.29, 0.717) is 0 Å². The number of carbonyl (C=O) groups excluding carboxylic acids is 1. The van der Waals surface area contributed by atoms with Crippen molar-refractivity contribution in [1.82, 2.24) is 0 Å². The van der Waals surface area contributed by atoms with Gasteiger partial charge in [-0.2, -0.15) is 0 Å². The molecule has 0 aromatic heterocycles. The van der Waals surface area contributed by atoms with Crippen LogP contribution in [0.2, 0.25) is 0 Å². The Morgan fingerprint density at radius 3 is 1.68 bits per heavy atom. The van der Waals surface area contributed by atoms with Gasteiger partial charge >= 0.3 is 11.9 Å². The summed E-state index contributed by atoms with van der Waals surface area (Å²) >= 11 is 0. The van der Waals surface area contributed by atoms with Crippen molar-refractivity contribution in [3.8, 4) is 0 Å². The number of rotatable bonds is 19. The maximum atomic E-state index is 12.6. The number of aromatic carboxylic acids is 1. The van der Waals surface area contributed by atoms with Crippen LogP contribution in [0.3, 0.4) is 0 Å². The van der Waals surface area contributed by atoms with Crippen LogP contribution in [0.1, 0.15) is 137 Å². The van der Waals surface area contributed by atoms with Crippen LogP contribution in [0.5, 0.6) is 0 Å². The number of hydrogen-bond acceptors (Lipinski definition) is 3. The summed E-state index contributed by atoms with van der Waals surface area (Å²) in [4.78, 5) is 23.9. The van der Waals surface area contributed by atoms with E-state index in [0.717, 1.165) is 32.1 Å². The van der Waals surface area contributed by atoms with Crippen molar-refractivity contribution in [3.63, 3.8) is 0 Å². The lowest BCUT2D eigenvalue weighted by Gasteiger charge is -2.18. The number of unbranched alkanes of at least 4 members (excludes halogenated alkanes) is 12. The number of hydrogen-bond donors (Lipinski definition) is 1. The fourth-order valence-electron chi connectivity index (χ4n) is 3.97. The molecule has 1 rings (SSSR count). The van der Waals surface area contributed by atoms with Gasteiger partial charge in [-0.25, -0.2) is 9.59 Å². The zero-order valence-corrected chi connectivity index (χ0v) is 19.9. The van der Waals surface area contributed by atoms with E-state index in [-0.39, 0.29) is 17.2 Å². The van der Waals surface area contributed by atoms with Gasteiger partial charge < -0.3 is 9.84 Å². The molecule has 0 aliphatic rings. The molecule has 1 atom stereocenters. The minimum Gasteiger partial charge on any atom is -0.478 e. The summed E-state index contributed by atoms with van der Waals surface area (Å²) in [5, 5.41) is 9.31. The highest BCUT2D eigenvalue weighted by Crippen LogP contribution is 2.19. The average molecular weight is 433 g/mol. The summed E-state index contributed by atoms with van der Waals surface area (Å²) in [6, 6.07) is 6.29. The molecule has 0 saturated carbocycles. The van der Waals surface area contributed by atoms with E-state index in [2.05, 4.69) is 13.8 Å². The minimum atomic E-state index is -1.10. The van der Waals surface area contributed by atoms with E-state index in [1.165, 1.54) is 82.8 Å². The van der Waals surface area contributed by atoms with Gasteiger partial charge in [-0.3, -0.25) is 0 Å². The molecule has 1 aromatic carbocycles. The minimum absolute atomic E-state index is 0.00658. The monoisotopic (exact) mass is 432 g/mol. The zero-order valence-electron chi connectivity index (χ0n) is 19.9. The van der Waals surface area contributed by atoms with Gasteiger partial charge in [-0.15, -0.1) is 0 Å². The molecule has 1 unspecified atom stereocenters. The molecule has 31 heavy (non-hydrogen) atoms. The van der Waals surface area contributed by atoms with Gasteiger partial charge in [0.25, 0.3) is 0 Å². The highest BCUT2D eigenvalue weighted by Gasteiger charge is 2.20. The molecule has 0 aliphatic heterocycles. The standard InChI is InChI=1S/C27H44O4/c1-3-5-7-8-9-10-11-12-13-14-15-16-20-23(19-6-4-2)31-27(30)25-22-18-17-21-24(25)26(28)29/h17-18,21-23H,3-16,19-20H2,1-2H3,(H,28,29). The number of esters is 1. The van der Waals surface area contributed by atoms with E-state index < -0.39 is 11.9 Å². The topological polar surface area (TPSA) is 63.6 Å². The maximum Gasteiger partial charge on any atom is 0.339 e. The normalized spacial score (nSPS) is 11.9. The third-order valence-electron chi connectivity index (χ3n) is 5.91. The molecule has 0 fully saturated rings. The molecular formula is C27H44O4. The lowest BCUT2D eigenvalue weighted by molar-refractivity contribution is 0.0245. The number of ether oxygens (including phenoxy) is 1. The first-order valence-electron chi connectivity index (χ1n) is 12.6. The predicted molar refractivity (Wildman–Crippen MR) is 128 cm³/mol. The van der Waals surface area contributed by atoms with Crippen LogP contribution in [-0.4, -0.2) is 23.1 Å². The first kappa shape index (κ1) is 27.2. The Balaban J connectivity index is 2.27. The molecule has 0 bridgehead atoms. The highest BCUT2D eigenvalue weighted by molar-refractivity contribution is 6.02. The van der Waals surface area contributed by atoms with Gasteiger partial charge in [0.15, 0.2) is 0 Å². The Kier molecular flexibility index (Phi) is 15.6. The first-order chi connectivity index (χ1) is 15.1. The molecule has 4 nitrogen and oxygen atoms in total. The summed E-state index contributed by atoms with van der Waals surface area (Å²) in [7, 11) is 0. The van der Waals surface area contributed by atoms with E-state index >= 15 is 0 Å². The molecule has 4 heteroatoms. The van der Waals surface area contributed by atoms with E-state index in [4.69, 9.17) is 4.74 Å². The van der Waals surface area contributed by atoms with Crippen LogP contribution in [-0.2, 0) is 4.74 Å². The Labute approximate surface area is 189 Å². The third-order valence-corrected chi connectivity index (χ3v) is 5.91. The van der Waals surface area contributed by atoms with Crippen molar-refractivity contribution in [2.75, 3.05) is 0 Å². The fourth-order valence-corrected chi connectivity index (χ4v) is 3.97. The van der Waals surface area contributed by atoms with Gasteiger partial charge in [-0.1, -0.05) is 109 Å². The Hall–Kier alpha value is -1.84. The summed E-state index contributed by atoms with van der Waals surface area (Å²) in [5.41, 5.74) is 0.151. The quantitative estimate of drug-likeness (QED) is 0.177. The average Bonchev–Trinajstić information content (AvgIpc) is 2.77. The van der Waals surface area contributed by atoms with Crippen molar-refractivity contribution in [2.45, 2.75) is 123 Å². The zero-order chi connectivity index (χ0) is 22.7. The van der Waals surface area contributed by atoms with Crippen LogP contribution < -0.4 is 0 Å². The smallest absolute Gasteiger partial charge is 0.339 e. The van der Waals surface area contributed by atoms with Crippen molar-refractivity contribution in [1.29, 1.82) is 0 Å². The van der Waals surface area contributed by atoms with Gasteiger partial charge in [0, 0.05) is 0 Å². The first-order valence-corrected chi connectivity index (χ1v) is 12.6. The van der Waals surface area contributed by atoms with Gasteiger partial charge in [0.2, 0.25) is 0 Å². The van der Waals surface area contributed by atoms with Gasteiger partial charge in [0.1, 0.15) is 6.10 Å². The number of carboxylic acid groups (broad SMARTS) is 1. The Morgan fingerprint density at radius 2 is 1.16 bits per heavy atom. The second-order valence-corrected chi connectivity index (χ2v) is 8.70. The molecule has 0 aliphatic carbocycles. The summed E-state index contributed by atoms with van der Waals surface area (Å²) in [5.74, 6) is -1.61. The van der Waals surface area contributed by atoms with E-state index in [9.17, 15) is 14.7 Å². The molecule has 0 amide bonds. The number of carbonyl (C=O) groups is 2. The second kappa shape index (κ2) is 17.8. The summed E-state index contributed by atoms with van der Waals surface area (Å²) in [6.45, 7) is 4.39. The third kappa shape index (κ3) is 12.6. The van der Waals surface area contributed by atoms with Crippen LogP contribution in [0.15, 0.2) is 24.3 Å². The molecule has 0 spiro atoms. The second-order valence-electron chi connectivity index (χ2n) is 8.70. The molecule has 176 valence electrons. The van der Waals surface area contributed by atoms with E-state index in [1.807, 2.05) is 0 Å². The molecule has 0 saturated heterocycles. The maximum absolute atomic E-state index is 12.6. The Morgan fingerprint density at radius 1 is 0.710 bits per heavy atom. The lowest BCUT2D eigenvalue weighted by atomic mass is 10.0. The highest BCUT2D eigenvalue weighted by atomic mass is 16.5. The van der Waals surface area contributed by atoms with Crippen molar-refractivity contribution < 1.29 is 19.4 Å². The van der Waals surface area contributed by atoms with Crippen LogP contribution in [0.4, 0.5) is 0 Å². The lowest BCUT2D eigenvalue weighted by Crippen LogP contribution is -2.20. The molecule has 1 N–H and O–H groups in total. The molecular weight excluding hydrogens is 388 g/mol. The van der Waals surface area contributed by atoms with Crippen LogP contribution in [0.25, 0.3) is 0 Å². The van der Waals surface area contributed by atoms with Crippen LogP contribution >= 0.6 is 0 Å². The van der Waals surface area contributed by atoms with Gasteiger partial charge in [0.05, 0.1) is 11.1 Å². The van der Waals surface area contributed by atoms with Crippen molar-refractivity contribution in [3.05, 3.63) is 35.4 Å². The molecule has 1 aromatic rings. The largest absolute Gasteiger partial charge is 0.478 e. The van der Waals surface area contributed by atoms with Crippen molar-refractivity contribution in [2.24, 2.45) is 0 Å². The summed E-state index contributed by atoms with van der Waals surface area (Å²) < 4.78 is 5.73. The van der Waals surface area contributed by atoms with Crippen LogP contribution in [0, 0.1) is 0 Å². The van der Waals surface area contributed by atoms with E-state index in [1.54, 1.807) is 12.1 Å². The molecule has 0 radical (unpaired) electrons. The summed E-state index contributed by atoms with van der Waals surface area (Å²) in [6.07, 6.45) is 19.3. The van der Waals surface area contributed by atoms with Crippen molar-refractivity contribution >= 4 is 11.9 Å².